The van der Waals surface area contributed by atoms with Crippen molar-refractivity contribution in [3.63, 3.8) is 0 Å². The van der Waals surface area contributed by atoms with E-state index in [0.717, 1.165) is 18.9 Å². The molecule has 3 nitrogen and oxygen atoms in total. The number of nitrogens with two attached hydrogens (primary N) is 1. The molecule has 0 bridgehead atoms. The lowest BCUT2D eigenvalue weighted by Gasteiger charge is -2.09. The molecular weight excluding hydrogens is 219 g/mol. The first-order valence-electron chi connectivity index (χ1n) is 5.12. The first-order chi connectivity index (χ1) is 7.47. The van der Waals surface area contributed by atoms with Crippen molar-refractivity contribution in [2.75, 3.05) is 0 Å². The maximum atomic E-state index is 12.2. The fraction of sp³-hybridized carbons (Fsp3) is 0.600. The van der Waals surface area contributed by atoms with E-state index in [2.05, 4.69) is 10.2 Å². The molecule has 6 heteroatoms. The molecule has 1 aromatic heterocycles. The third-order valence-corrected chi connectivity index (χ3v) is 2.68. The predicted molar refractivity (Wildman–Crippen MR) is 51.4 cm³/mol. The highest BCUT2D eigenvalue weighted by molar-refractivity contribution is 5.11. The molecule has 2 rings (SSSR count). The molecule has 0 spiro atoms. The summed E-state index contributed by atoms with van der Waals surface area (Å²) in [6.07, 6.45) is -1.72. The van der Waals surface area contributed by atoms with Crippen molar-refractivity contribution in [2.24, 2.45) is 11.7 Å². The van der Waals surface area contributed by atoms with Gasteiger partial charge in [-0.05, 0) is 30.9 Å². The zero-order valence-corrected chi connectivity index (χ0v) is 8.54. The number of alkyl halides is 3. The summed E-state index contributed by atoms with van der Waals surface area (Å²) in [5, 5.41) is 6.70. The maximum absolute atomic E-state index is 12.2. The summed E-state index contributed by atoms with van der Waals surface area (Å²) in [5.41, 5.74) is 5.40. The maximum Gasteiger partial charge on any atom is 0.435 e. The second-order valence-electron chi connectivity index (χ2n) is 4.11. The highest BCUT2D eigenvalue weighted by atomic mass is 19.4. The van der Waals surface area contributed by atoms with Crippen LogP contribution in [0.5, 0.6) is 0 Å². The average molecular weight is 231 g/mol. The molecule has 1 unspecified atom stereocenters. The topological polar surface area (TPSA) is 51.8 Å². The minimum absolute atomic E-state index is 0.00830. The van der Waals surface area contributed by atoms with Crippen LogP contribution in [-0.4, -0.2) is 16.2 Å². The Bertz CT molecular complexity index is 357. The number of nitrogens with zero attached hydrogens (tertiary/aromatic N) is 2. The Morgan fingerprint density at radius 2 is 2.00 bits per heavy atom. The third kappa shape index (κ3) is 2.69. The molecular formula is C10H12F3N3. The van der Waals surface area contributed by atoms with Crippen LogP contribution in [0.3, 0.4) is 0 Å². The largest absolute Gasteiger partial charge is 0.435 e. The first kappa shape index (κ1) is 11.3. The van der Waals surface area contributed by atoms with Gasteiger partial charge in [0.2, 0.25) is 0 Å². The lowest BCUT2D eigenvalue weighted by Crippen LogP contribution is -2.25. The van der Waals surface area contributed by atoms with E-state index in [1.807, 2.05) is 0 Å². The molecule has 1 aromatic rings. The Hall–Kier alpha value is -1.17. The van der Waals surface area contributed by atoms with E-state index in [1.165, 1.54) is 6.07 Å². The summed E-state index contributed by atoms with van der Waals surface area (Å²) in [6.45, 7) is 0. The van der Waals surface area contributed by atoms with Crippen LogP contribution in [0.2, 0.25) is 0 Å². The van der Waals surface area contributed by atoms with Gasteiger partial charge < -0.3 is 5.73 Å². The molecule has 0 aromatic carbocycles. The van der Waals surface area contributed by atoms with Crippen LogP contribution in [-0.2, 0) is 12.6 Å². The second-order valence-corrected chi connectivity index (χ2v) is 4.11. The summed E-state index contributed by atoms with van der Waals surface area (Å²) < 4.78 is 36.6. The van der Waals surface area contributed by atoms with Crippen molar-refractivity contribution in [1.29, 1.82) is 0 Å². The smallest absolute Gasteiger partial charge is 0.327 e. The van der Waals surface area contributed by atoms with Crippen LogP contribution in [0.25, 0.3) is 0 Å². The summed E-state index contributed by atoms with van der Waals surface area (Å²) in [7, 11) is 0. The standard InChI is InChI=1S/C10H12F3N3/c11-10(12,13)9-4-3-7(15-16-9)5-8(14)6-1-2-6/h3-4,6,8H,1-2,5,14H2. The Morgan fingerprint density at radius 3 is 2.44 bits per heavy atom. The third-order valence-electron chi connectivity index (χ3n) is 2.68. The van der Waals surface area contributed by atoms with Crippen molar-refractivity contribution in [1.82, 2.24) is 10.2 Å². The second kappa shape index (κ2) is 4.01. The van der Waals surface area contributed by atoms with Gasteiger partial charge in [-0.3, -0.25) is 0 Å². The molecule has 2 N–H and O–H groups in total. The summed E-state index contributed by atoms with van der Waals surface area (Å²) in [4.78, 5) is 0. The van der Waals surface area contributed by atoms with Gasteiger partial charge in [0, 0.05) is 12.5 Å². The Morgan fingerprint density at radius 1 is 1.31 bits per heavy atom. The summed E-state index contributed by atoms with van der Waals surface area (Å²) in [5.74, 6) is 0.504. The van der Waals surface area contributed by atoms with Crippen molar-refractivity contribution in [2.45, 2.75) is 31.5 Å². The van der Waals surface area contributed by atoms with Gasteiger partial charge in [0.05, 0.1) is 5.69 Å². The van der Waals surface area contributed by atoms with E-state index in [1.54, 1.807) is 0 Å². The van der Waals surface area contributed by atoms with E-state index in [0.29, 0.717) is 18.0 Å². The first-order valence-corrected chi connectivity index (χ1v) is 5.12. The van der Waals surface area contributed by atoms with Gasteiger partial charge in [-0.2, -0.15) is 18.3 Å². The van der Waals surface area contributed by atoms with Crippen LogP contribution in [0.4, 0.5) is 13.2 Å². The van der Waals surface area contributed by atoms with E-state index in [-0.39, 0.29) is 6.04 Å². The molecule has 1 saturated carbocycles. The monoisotopic (exact) mass is 231 g/mol. The Balaban J connectivity index is 2.01. The van der Waals surface area contributed by atoms with Crippen LogP contribution in [0.1, 0.15) is 24.2 Å². The molecule has 1 fully saturated rings. The van der Waals surface area contributed by atoms with Crippen molar-refractivity contribution in [3.05, 3.63) is 23.5 Å². The molecule has 0 aliphatic heterocycles. The van der Waals surface area contributed by atoms with Gasteiger partial charge in [0.25, 0.3) is 0 Å². The zero-order chi connectivity index (χ0) is 11.8. The Labute approximate surface area is 90.9 Å². The van der Waals surface area contributed by atoms with Gasteiger partial charge in [-0.15, -0.1) is 5.10 Å². The fourth-order valence-electron chi connectivity index (χ4n) is 1.55. The molecule has 1 aliphatic carbocycles. The van der Waals surface area contributed by atoms with Gasteiger partial charge in [-0.25, -0.2) is 0 Å². The molecule has 0 radical (unpaired) electrons. The molecule has 88 valence electrons. The highest BCUT2D eigenvalue weighted by Crippen LogP contribution is 2.32. The van der Waals surface area contributed by atoms with E-state index in [9.17, 15) is 13.2 Å². The van der Waals surface area contributed by atoms with E-state index < -0.39 is 11.9 Å². The zero-order valence-electron chi connectivity index (χ0n) is 8.54. The number of hydrogen-bond acceptors (Lipinski definition) is 3. The minimum Gasteiger partial charge on any atom is -0.327 e. The minimum atomic E-state index is -4.43. The lowest BCUT2D eigenvalue weighted by molar-refractivity contribution is -0.141. The number of aromatic nitrogens is 2. The van der Waals surface area contributed by atoms with E-state index in [4.69, 9.17) is 5.73 Å². The van der Waals surface area contributed by atoms with Gasteiger partial charge >= 0.3 is 6.18 Å². The molecule has 0 saturated heterocycles. The van der Waals surface area contributed by atoms with Gasteiger partial charge in [0.15, 0.2) is 5.69 Å². The Kier molecular flexibility index (Phi) is 2.84. The van der Waals surface area contributed by atoms with Crippen molar-refractivity contribution in [3.8, 4) is 0 Å². The molecule has 1 aliphatic rings. The van der Waals surface area contributed by atoms with Crippen LogP contribution >= 0.6 is 0 Å². The molecule has 1 heterocycles. The van der Waals surface area contributed by atoms with Crippen LogP contribution < -0.4 is 5.73 Å². The van der Waals surface area contributed by atoms with Crippen LogP contribution in [0.15, 0.2) is 12.1 Å². The quantitative estimate of drug-likeness (QED) is 0.862. The van der Waals surface area contributed by atoms with Gasteiger partial charge in [0.1, 0.15) is 0 Å². The average Bonchev–Trinajstić information content (AvgIpc) is 3.00. The van der Waals surface area contributed by atoms with E-state index >= 15 is 0 Å². The fourth-order valence-corrected chi connectivity index (χ4v) is 1.55. The molecule has 16 heavy (non-hydrogen) atoms. The number of hydrogen-bond donors (Lipinski definition) is 1. The molecule has 0 amide bonds. The number of halogens is 3. The number of rotatable bonds is 3. The summed E-state index contributed by atoms with van der Waals surface area (Å²) >= 11 is 0. The predicted octanol–water partition coefficient (Wildman–Crippen LogP) is 1.78. The summed E-state index contributed by atoms with van der Waals surface area (Å²) in [6, 6.07) is 2.28. The van der Waals surface area contributed by atoms with Gasteiger partial charge in [-0.1, -0.05) is 0 Å². The van der Waals surface area contributed by atoms with Crippen molar-refractivity contribution < 1.29 is 13.2 Å². The van der Waals surface area contributed by atoms with Crippen LogP contribution in [0, 0.1) is 5.92 Å². The molecule has 1 atom stereocenters. The normalized spacial score (nSPS) is 18.5. The highest BCUT2D eigenvalue weighted by Gasteiger charge is 2.33. The lowest BCUT2D eigenvalue weighted by atomic mass is 10.1. The SMILES string of the molecule is NC(Cc1ccc(C(F)(F)F)nn1)C1CC1. The van der Waals surface area contributed by atoms with Crippen molar-refractivity contribution >= 4 is 0 Å².